The lowest BCUT2D eigenvalue weighted by atomic mass is 10.1. The maximum absolute atomic E-state index is 12.3. The maximum Gasteiger partial charge on any atom is 0.311 e. The number of hydrogen-bond donors (Lipinski definition) is 2. The third-order valence-electron chi connectivity index (χ3n) is 4.81. The summed E-state index contributed by atoms with van der Waals surface area (Å²) in [6.45, 7) is 3.29. The van der Waals surface area contributed by atoms with Crippen molar-refractivity contribution in [3.05, 3.63) is 64.2 Å². The van der Waals surface area contributed by atoms with E-state index in [1.807, 2.05) is 26.0 Å². The Kier molecular flexibility index (Phi) is 6.91. The van der Waals surface area contributed by atoms with Gasteiger partial charge in [-0.15, -0.1) is 0 Å². The molecule has 0 aliphatic carbocycles. The minimum Gasteiger partial charge on any atom is -0.455 e. The monoisotopic (exact) mass is 443 g/mol. The molecule has 9 heteroatoms. The summed E-state index contributed by atoms with van der Waals surface area (Å²) in [7, 11) is 0. The van der Waals surface area contributed by atoms with Crippen LogP contribution in [-0.4, -0.2) is 41.9 Å². The molecule has 0 spiro atoms. The van der Waals surface area contributed by atoms with Crippen molar-refractivity contribution >= 4 is 41.0 Å². The van der Waals surface area contributed by atoms with Crippen LogP contribution in [0.5, 0.6) is 0 Å². The lowest BCUT2D eigenvalue weighted by Gasteiger charge is -2.18. The molecular formula is C22H22ClN3O5. The number of anilines is 1. The van der Waals surface area contributed by atoms with Gasteiger partial charge < -0.3 is 10.1 Å². The van der Waals surface area contributed by atoms with Gasteiger partial charge >= 0.3 is 5.97 Å². The number of aryl methyl sites for hydroxylation is 2. The van der Waals surface area contributed by atoms with Crippen molar-refractivity contribution in [2.75, 3.05) is 18.5 Å². The Morgan fingerprint density at radius 1 is 1.16 bits per heavy atom. The molecule has 0 bridgehead atoms. The molecule has 1 aliphatic rings. The predicted octanol–water partition coefficient (Wildman–Crippen LogP) is 2.63. The van der Waals surface area contributed by atoms with Crippen molar-refractivity contribution in [3.63, 3.8) is 0 Å². The van der Waals surface area contributed by atoms with Crippen LogP contribution in [0.4, 0.5) is 5.69 Å². The Balaban J connectivity index is 1.50. The second kappa shape index (κ2) is 9.61. The molecule has 8 nitrogen and oxygen atoms in total. The topological polar surface area (TPSA) is 105 Å². The number of nitrogens with zero attached hydrogens (tertiary/aromatic N) is 1. The summed E-state index contributed by atoms with van der Waals surface area (Å²) in [6.07, 6.45) is -0.125. The van der Waals surface area contributed by atoms with Crippen LogP contribution in [0.1, 0.15) is 27.9 Å². The lowest BCUT2D eigenvalue weighted by molar-refractivity contribution is -0.151. The summed E-state index contributed by atoms with van der Waals surface area (Å²) >= 11 is 5.99. The number of benzene rings is 2. The van der Waals surface area contributed by atoms with Gasteiger partial charge in [0.1, 0.15) is 0 Å². The van der Waals surface area contributed by atoms with E-state index >= 15 is 0 Å². The molecule has 0 saturated carbocycles. The van der Waals surface area contributed by atoms with Gasteiger partial charge in [-0.1, -0.05) is 41.4 Å². The zero-order valence-corrected chi connectivity index (χ0v) is 17.9. The molecule has 2 aromatic carbocycles. The Hall–Kier alpha value is -3.39. The summed E-state index contributed by atoms with van der Waals surface area (Å²) in [5.74, 6) is -2.93. The standard InChI is InChI=1S/C22H22ClN3O5/c1-13-7-8-18(14(2)9-13)24-19(27)12-31-22(30)15-10-20(28)26(11-15)25-21(29)16-5-3-4-6-17(16)23/h3-9,15H,10-12H2,1-2H3,(H,24,27)(H,25,29)/t15-/m0/s1. The van der Waals surface area contributed by atoms with Crippen LogP contribution in [0.25, 0.3) is 0 Å². The Morgan fingerprint density at radius 2 is 1.90 bits per heavy atom. The Labute approximate surface area is 184 Å². The van der Waals surface area contributed by atoms with Gasteiger partial charge in [0, 0.05) is 12.1 Å². The number of hydrogen-bond acceptors (Lipinski definition) is 5. The molecule has 1 saturated heterocycles. The largest absolute Gasteiger partial charge is 0.455 e. The molecule has 31 heavy (non-hydrogen) atoms. The fraction of sp³-hybridized carbons (Fsp3) is 0.273. The van der Waals surface area contributed by atoms with E-state index in [0.29, 0.717) is 5.69 Å². The number of amides is 3. The van der Waals surface area contributed by atoms with Gasteiger partial charge in [-0.2, -0.15) is 0 Å². The second-order valence-corrected chi connectivity index (χ2v) is 7.71. The van der Waals surface area contributed by atoms with Crippen molar-refractivity contribution in [2.24, 2.45) is 5.92 Å². The smallest absolute Gasteiger partial charge is 0.311 e. The molecule has 2 aromatic rings. The van der Waals surface area contributed by atoms with Gasteiger partial charge in [0.2, 0.25) is 5.91 Å². The molecule has 2 N–H and O–H groups in total. The van der Waals surface area contributed by atoms with E-state index in [2.05, 4.69) is 10.7 Å². The number of halogens is 1. The molecule has 3 amide bonds. The van der Waals surface area contributed by atoms with Crippen LogP contribution in [-0.2, 0) is 19.1 Å². The van der Waals surface area contributed by atoms with Crippen molar-refractivity contribution in [2.45, 2.75) is 20.3 Å². The normalized spacial score (nSPS) is 15.5. The highest BCUT2D eigenvalue weighted by molar-refractivity contribution is 6.33. The quantitative estimate of drug-likeness (QED) is 0.668. The fourth-order valence-corrected chi connectivity index (χ4v) is 3.42. The second-order valence-electron chi connectivity index (χ2n) is 7.30. The zero-order valence-electron chi connectivity index (χ0n) is 17.1. The minimum absolute atomic E-state index is 0.0491. The zero-order chi connectivity index (χ0) is 22.5. The highest BCUT2D eigenvalue weighted by Crippen LogP contribution is 2.20. The summed E-state index contributed by atoms with van der Waals surface area (Å²) < 4.78 is 5.07. The molecule has 0 radical (unpaired) electrons. The first-order valence-electron chi connectivity index (χ1n) is 9.64. The highest BCUT2D eigenvalue weighted by atomic mass is 35.5. The summed E-state index contributed by atoms with van der Waals surface area (Å²) in [4.78, 5) is 48.9. The number of rotatable bonds is 6. The third-order valence-corrected chi connectivity index (χ3v) is 5.14. The Bertz CT molecular complexity index is 1040. The van der Waals surface area contributed by atoms with Crippen molar-refractivity contribution in [1.82, 2.24) is 10.4 Å². The van der Waals surface area contributed by atoms with Gasteiger partial charge in [0.25, 0.3) is 11.8 Å². The first-order valence-corrected chi connectivity index (χ1v) is 10.0. The van der Waals surface area contributed by atoms with E-state index in [0.717, 1.165) is 16.1 Å². The third kappa shape index (κ3) is 5.61. The van der Waals surface area contributed by atoms with E-state index in [1.54, 1.807) is 24.3 Å². The molecule has 162 valence electrons. The van der Waals surface area contributed by atoms with E-state index < -0.39 is 36.2 Å². The molecule has 0 unspecified atom stereocenters. The van der Waals surface area contributed by atoms with Gasteiger partial charge in [0.15, 0.2) is 6.61 Å². The van der Waals surface area contributed by atoms with Gasteiger partial charge in [-0.05, 0) is 37.6 Å². The van der Waals surface area contributed by atoms with Crippen LogP contribution < -0.4 is 10.7 Å². The number of esters is 1. The first-order chi connectivity index (χ1) is 14.7. The number of ether oxygens (including phenoxy) is 1. The van der Waals surface area contributed by atoms with Crippen molar-refractivity contribution in [3.8, 4) is 0 Å². The number of carbonyl (C=O) groups excluding carboxylic acids is 4. The van der Waals surface area contributed by atoms with Crippen LogP contribution in [0.2, 0.25) is 5.02 Å². The van der Waals surface area contributed by atoms with Crippen LogP contribution in [0.15, 0.2) is 42.5 Å². The number of nitrogens with one attached hydrogen (secondary N) is 2. The lowest BCUT2D eigenvalue weighted by Crippen LogP contribution is -2.43. The fourth-order valence-electron chi connectivity index (χ4n) is 3.20. The number of hydrazine groups is 1. The van der Waals surface area contributed by atoms with Crippen LogP contribution >= 0.6 is 11.6 Å². The molecular weight excluding hydrogens is 422 g/mol. The van der Waals surface area contributed by atoms with Gasteiger partial charge in [0.05, 0.1) is 23.0 Å². The SMILES string of the molecule is Cc1ccc(NC(=O)COC(=O)[C@H]2CC(=O)N(NC(=O)c3ccccc3Cl)C2)c(C)c1. The number of carbonyl (C=O) groups is 4. The summed E-state index contributed by atoms with van der Waals surface area (Å²) in [5, 5.41) is 4.00. The molecule has 1 fully saturated rings. The Morgan fingerprint density at radius 3 is 2.61 bits per heavy atom. The van der Waals surface area contributed by atoms with Crippen LogP contribution in [0.3, 0.4) is 0 Å². The predicted molar refractivity (Wildman–Crippen MR) is 114 cm³/mol. The molecule has 0 aromatic heterocycles. The summed E-state index contributed by atoms with van der Waals surface area (Å²) in [6, 6.07) is 12.0. The van der Waals surface area contributed by atoms with E-state index in [-0.39, 0.29) is 23.6 Å². The van der Waals surface area contributed by atoms with Gasteiger partial charge in [-0.25, -0.2) is 0 Å². The minimum atomic E-state index is -0.784. The van der Waals surface area contributed by atoms with E-state index in [9.17, 15) is 19.2 Å². The molecule has 3 rings (SSSR count). The van der Waals surface area contributed by atoms with Gasteiger partial charge in [-0.3, -0.25) is 29.6 Å². The highest BCUT2D eigenvalue weighted by Gasteiger charge is 2.37. The first kappa shape index (κ1) is 22.3. The summed E-state index contributed by atoms with van der Waals surface area (Å²) in [5.41, 5.74) is 5.26. The molecule has 1 aliphatic heterocycles. The van der Waals surface area contributed by atoms with Crippen LogP contribution in [0, 0.1) is 19.8 Å². The molecule has 1 heterocycles. The van der Waals surface area contributed by atoms with Crippen molar-refractivity contribution in [1.29, 1.82) is 0 Å². The average Bonchev–Trinajstić information content (AvgIpc) is 3.09. The van der Waals surface area contributed by atoms with E-state index in [4.69, 9.17) is 16.3 Å². The maximum atomic E-state index is 12.3. The van der Waals surface area contributed by atoms with Crippen molar-refractivity contribution < 1.29 is 23.9 Å². The molecule has 1 atom stereocenters. The average molecular weight is 444 g/mol. The van der Waals surface area contributed by atoms with E-state index in [1.165, 1.54) is 6.07 Å².